The Balaban J connectivity index is 2.47. The number of rotatable bonds is 3. The van der Waals surface area contributed by atoms with Gasteiger partial charge in [0.1, 0.15) is 6.04 Å². The van der Waals surface area contributed by atoms with Crippen LogP contribution in [0.5, 0.6) is 0 Å². The van der Waals surface area contributed by atoms with Crippen LogP contribution in [0.4, 0.5) is 8.78 Å². The number of hydrogen-bond acceptors (Lipinski definition) is 3. The second-order valence-electron chi connectivity index (χ2n) is 4.95. The summed E-state index contributed by atoms with van der Waals surface area (Å²) in [5.41, 5.74) is -1.18. The maximum atomic E-state index is 14.0. The molecule has 20 heavy (non-hydrogen) atoms. The SMILES string of the molecule is CCOC(=O)C1NC(=O)CC1(C)c1cccc(F)c1F. The summed E-state index contributed by atoms with van der Waals surface area (Å²) in [4.78, 5) is 23.5. The molecule has 2 rings (SSSR count). The van der Waals surface area contributed by atoms with Crippen molar-refractivity contribution in [1.82, 2.24) is 5.32 Å². The van der Waals surface area contributed by atoms with Crippen LogP contribution in [-0.2, 0) is 19.7 Å². The molecule has 4 nitrogen and oxygen atoms in total. The Labute approximate surface area is 115 Å². The van der Waals surface area contributed by atoms with Crippen LogP contribution in [0, 0.1) is 11.6 Å². The first-order valence-electron chi connectivity index (χ1n) is 6.30. The number of nitrogens with one attached hydrogen (secondary N) is 1. The van der Waals surface area contributed by atoms with Crippen molar-refractivity contribution in [2.24, 2.45) is 0 Å². The summed E-state index contributed by atoms with van der Waals surface area (Å²) >= 11 is 0. The van der Waals surface area contributed by atoms with E-state index in [0.717, 1.165) is 6.07 Å². The average Bonchev–Trinajstić information content (AvgIpc) is 2.69. The Bertz CT molecular complexity index is 561. The third-order valence-corrected chi connectivity index (χ3v) is 3.56. The maximum absolute atomic E-state index is 14.0. The van der Waals surface area contributed by atoms with Crippen molar-refractivity contribution in [3.8, 4) is 0 Å². The zero-order valence-corrected chi connectivity index (χ0v) is 11.2. The van der Waals surface area contributed by atoms with Crippen molar-refractivity contribution in [2.45, 2.75) is 31.7 Å². The van der Waals surface area contributed by atoms with E-state index in [9.17, 15) is 18.4 Å². The number of carbonyl (C=O) groups is 2. The molecule has 2 atom stereocenters. The number of amides is 1. The second kappa shape index (κ2) is 5.19. The Morgan fingerprint density at radius 3 is 2.85 bits per heavy atom. The fourth-order valence-electron chi connectivity index (χ4n) is 2.55. The molecule has 1 fully saturated rings. The lowest BCUT2D eigenvalue weighted by Gasteiger charge is -2.29. The molecule has 1 aromatic rings. The topological polar surface area (TPSA) is 55.4 Å². The number of esters is 1. The lowest BCUT2D eigenvalue weighted by Crippen LogP contribution is -2.46. The van der Waals surface area contributed by atoms with Crippen LogP contribution in [-0.4, -0.2) is 24.5 Å². The number of halogens is 2. The third kappa shape index (κ3) is 2.26. The van der Waals surface area contributed by atoms with Gasteiger partial charge >= 0.3 is 5.97 Å². The van der Waals surface area contributed by atoms with Gasteiger partial charge < -0.3 is 10.1 Å². The largest absolute Gasteiger partial charge is 0.464 e. The lowest BCUT2D eigenvalue weighted by molar-refractivity contribution is -0.147. The molecule has 108 valence electrons. The first-order valence-corrected chi connectivity index (χ1v) is 6.30. The molecule has 0 saturated carbocycles. The lowest BCUT2D eigenvalue weighted by atomic mass is 9.75. The summed E-state index contributed by atoms with van der Waals surface area (Å²) < 4.78 is 32.3. The van der Waals surface area contributed by atoms with Crippen molar-refractivity contribution in [2.75, 3.05) is 6.61 Å². The fraction of sp³-hybridized carbons (Fsp3) is 0.429. The predicted octanol–water partition coefficient (Wildman–Crippen LogP) is 1.67. The summed E-state index contributed by atoms with van der Waals surface area (Å²) in [6.45, 7) is 3.33. The van der Waals surface area contributed by atoms with Crippen molar-refractivity contribution in [3.63, 3.8) is 0 Å². The van der Waals surface area contributed by atoms with E-state index in [0.29, 0.717) is 0 Å². The van der Waals surface area contributed by atoms with E-state index in [1.165, 1.54) is 12.1 Å². The molecule has 1 heterocycles. The van der Waals surface area contributed by atoms with Gasteiger partial charge in [-0.1, -0.05) is 19.1 Å². The quantitative estimate of drug-likeness (QED) is 0.859. The summed E-state index contributed by atoms with van der Waals surface area (Å²) in [5, 5.41) is 2.47. The fourth-order valence-corrected chi connectivity index (χ4v) is 2.55. The van der Waals surface area contributed by atoms with Crippen molar-refractivity contribution in [1.29, 1.82) is 0 Å². The van der Waals surface area contributed by atoms with Crippen LogP contribution in [0.15, 0.2) is 18.2 Å². The van der Waals surface area contributed by atoms with Crippen LogP contribution in [0.1, 0.15) is 25.8 Å². The molecule has 0 bridgehead atoms. The van der Waals surface area contributed by atoms with Crippen LogP contribution in [0.25, 0.3) is 0 Å². The first-order chi connectivity index (χ1) is 9.40. The minimum atomic E-state index is -1.17. The van der Waals surface area contributed by atoms with Gasteiger partial charge in [-0.05, 0) is 18.6 Å². The minimum Gasteiger partial charge on any atom is -0.464 e. The Kier molecular flexibility index (Phi) is 3.74. The van der Waals surface area contributed by atoms with Gasteiger partial charge in [0.15, 0.2) is 11.6 Å². The maximum Gasteiger partial charge on any atom is 0.329 e. The number of carbonyl (C=O) groups excluding carboxylic acids is 2. The normalized spacial score (nSPS) is 25.4. The zero-order chi connectivity index (χ0) is 14.9. The molecule has 0 aliphatic carbocycles. The van der Waals surface area contributed by atoms with Gasteiger partial charge in [-0.15, -0.1) is 0 Å². The highest BCUT2D eigenvalue weighted by molar-refractivity contribution is 5.91. The Morgan fingerprint density at radius 1 is 1.50 bits per heavy atom. The van der Waals surface area contributed by atoms with E-state index < -0.39 is 35.0 Å². The summed E-state index contributed by atoms with van der Waals surface area (Å²) in [7, 11) is 0. The van der Waals surface area contributed by atoms with Crippen LogP contribution >= 0.6 is 0 Å². The molecule has 0 radical (unpaired) electrons. The van der Waals surface area contributed by atoms with E-state index in [1.54, 1.807) is 13.8 Å². The van der Waals surface area contributed by atoms with E-state index in [-0.39, 0.29) is 18.6 Å². The molecule has 1 saturated heterocycles. The highest BCUT2D eigenvalue weighted by Gasteiger charge is 2.50. The summed E-state index contributed by atoms with van der Waals surface area (Å²) in [5.74, 6) is -3.09. The Morgan fingerprint density at radius 2 is 2.20 bits per heavy atom. The molecule has 1 amide bonds. The van der Waals surface area contributed by atoms with Gasteiger partial charge in [0.2, 0.25) is 5.91 Å². The minimum absolute atomic E-state index is 0.00565. The molecular formula is C14H15F2NO3. The van der Waals surface area contributed by atoms with E-state index in [2.05, 4.69) is 5.32 Å². The Hall–Kier alpha value is -1.98. The van der Waals surface area contributed by atoms with Crippen LogP contribution < -0.4 is 5.32 Å². The molecule has 0 spiro atoms. The molecule has 6 heteroatoms. The van der Waals surface area contributed by atoms with Gasteiger partial charge in [-0.25, -0.2) is 13.6 Å². The van der Waals surface area contributed by atoms with E-state index in [4.69, 9.17) is 4.74 Å². The summed E-state index contributed by atoms with van der Waals surface area (Å²) in [6.07, 6.45) is -0.100. The van der Waals surface area contributed by atoms with E-state index in [1.807, 2.05) is 0 Å². The van der Waals surface area contributed by atoms with Crippen molar-refractivity contribution in [3.05, 3.63) is 35.4 Å². The summed E-state index contributed by atoms with van der Waals surface area (Å²) in [6, 6.07) is 2.70. The highest BCUT2D eigenvalue weighted by Crippen LogP contribution is 2.38. The van der Waals surface area contributed by atoms with Gasteiger partial charge in [-0.3, -0.25) is 4.79 Å². The monoisotopic (exact) mass is 283 g/mol. The standard InChI is InChI=1S/C14H15F2NO3/c1-3-20-13(19)12-14(2,7-10(18)17-12)8-5-4-6-9(15)11(8)16/h4-6,12H,3,7H2,1-2H3,(H,17,18). The zero-order valence-electron chi connectivity index (χ0n) is 11.2. The van der Waals surface area contributed by atoms with Crippen LogP contribution in [0.3, 0.4) is 0 Å². The first kappa shape index (κ1) is 14.4. The number of ether oxygens (including phenoxy) is 1. The second-order valence-corrected chi connectivity index (χ2v) is 4.95. The molecule has 0 aromatic heterocycles. The smallest absolute Gasteiger partial charge is 0.329 e. The highest BCUT2D eigenvalue weighted by atomic mass is 19.2. The molecule has 1 aliphatic heterocycles. The van der Waals surface area contributed by atoms with Gasteiger partial charge in [0.05, 0.1) is 6.61 Å². The number of hydrogen-bond donors (Lipinski definition) is 1. The molecule has 1 aliphatic rings. The molecule has 2 unspecified atom stereocenters. The molecular weight excluding hydrogens is 268 g/mol. The number of benzene rings is 1. The molecule has 1 N–H and O–H groups in total. The predicted molar refractivity (Wildman–Crippen MR) is 66.9 cm³/mol. The van der Waals surface area contributed by atoms with Crippen LogP contribution in [0.2, 0.25) is 0 Å². The average molecular weight is 283 g/mol. The van der Waals surface area contributed by atoms with Gasteiger partial charge in [0.25, 0.3) is 0 Å². The third-order valence-electron chi connectivity index (χ3n) is 3.56. The van der Waals surface area contributed by atoms with Crippen molar-refractivity contribution < 1.29 is 23.1 Å². The van der Waals surface area contributed by atoms with Gasteiger partial charge in [-0.2, -0.15) is 0 Å². The van der Waals surface area contributed by atoms with Crippen molar-refractivity contribution >= 4 is 11.9 Å². The van der Waals surface area contributed by atoms with Gasteiger partial charge in [0, 0.05) is 11.8 Å². The van der Waals surface area contributed by atoms with E-state index >= 15 is 0 Å². The molecule has 1 aromatic carbocycles.